The van der Waals surface area contributed by atoms with Crippen LogP contribution in [0.25, 0.3) is 166 Å². The van der Waals surface area contributed by atoms with E-state index in [9.17, 15) is 0 Å². The zero-order chi connectivity index (χ0) is 84.4. The van der Waals surface area contributed by atoms with Crippen molar-refractivity contribution in [3.8, 4) is 77.9 Å². The van der Waals surface area contributed by atoms with Crippen LogP contribution in [0.2, 0.25) is 0 Å². The summed E-state index contributed by atoms with van der Waals surface area (Å²) in [5.41, 5.74) is 33.7. The second kappa shape index (κ2) is 33.8. The van der Waals surface area contributed by atoms with Crippen LogP contribution in [-0.2, 0) is 0 Å². The summed E-state index contributed by atoms with van der Waals surface area (Å²) in [6, 6.07) is 173. The van der Waals surface area contributed by atoms with Gasteiger partial charge in [0.05, 0.1) is 0 Å². The first-order chi connectivity index (χ1) is 62.9. The summed E-state index contributed by atoms with van der Waals surface area (Å²) in [5, 5.41) is 9.18. The smallest absolute Gasteiger partial charge is 0.136 e. The van der Waals surface area contributed by atoms with Crippen LogP contribution in [0.3, 0.4) is 0 Å². The van der Waals surface area contributed by atoms with Gasteiger partial charge >= 0.3 is 0 Å². The number of nitrogens with zero attached hydrogens (tertiary/aromatic N) is 3. The lowest BCUT2D eigenvalue weighted by Crippen LogP contribution is -2.09. The average Bonchev–Trinajstić information content (AvgIpc) is 1.77. The zero-order valence-electron chi connectivity index (χ0n) is 69.2. The molecule has 24 aromatic rings. The molecule has 4 heterocycles. The lowest BCUT2D eigenvalue weighted by molar-refractivity contribution is 0.668. The summed E-state index contributed by atoms with van der Waals surface area (Å²) < 4.78 is 24.6. The minimum Gasteiger partial charge on any atom is -0.456 e. The molecule has 24 rings (SSSR count). The van der Waals surface area contributed by atoms with Gasteiger partial charge in [-0.15, -0.1) is 0 Å². The molecule has 4 aromatic heterocycles. The van der Waals surface area contributed by atoms with Gasteiger partial charge in [-0.05, 0) is 260 Å². The Morgan fingerprint density at radius 1 is 0.102 bits per heavy atom. The van der Waals surface area contributed by atoms with E-state index < -0.39 is 0 Å². The molecular weight excluding hydrogens is 1550 g/mol. The van der Waals surface area contributed by atoms with Gasteiger partial charge in [0.15, 0.2) is 0 Å². The third-order valence-electron chi connectivity index (χ3n) is 24.1. The van der Waals surface area contributed by atoms with Crippen molar-refractivity contribution in [1.82, 2.24) is 0 Å². The van der Waals surface area contributed by atoms with E-state index in [-0.39, 0.29) is 0 Å². The maximum atomic E-state index is 6.20. The molecule has 0 spiro atoms. The number of para-hydroxylation sites is 8. The molecule has 0 atom stereocenters. The molecule has 0 N–H and O–H groups in total. The number of hydrogen-bond acceptors (Lipinski definition) is 7. The average molecular weight is 1630 g/mol. The van der Waals surface area contributed by atoms with E-state index in [1.807, 2.05) is 72.8 Å². The summed E-state index contributed by atoms with van der Waals surface area (Å²) >= 11 is 0. The molecule has 0 saturated carbocycles. The van der Waals surface area contributed by atoms with Gasteiger partial charge in [0.2, 0.25) is 0 Å². The lowest BCUT2D eigenvalue weighted by atomic mass is 9.99. The van der Waals surface area contributed by atoms with Crippen LogP contribution >= 0.6 is 0 Å². The molecule has 0 radical (unpaired) electrons. The largest absolute Gasteiger partial charge is 0.456 e. The minimum atomic E-state index is 0.900. The quantitative estimate of drug-likeness (QED) is 0.0955. The predicted octanol–water partition coefficient (Wildman–Crippen LogP) is 34.7. The molecule has 0 amide bonds. The fourth-order valence-corrected chi connectivity index (χ4v) is 17.6. The van der Waals surface area contributed by atoms with Gasteiger partial charge in [-0.25, -0.2) is 0 Å². The summed E-state index contributed by atoms with van der Waals surface area (Å²) in [5.74, 6) is 0. The standard InChI is InChI=1S/C48H31NO2.2C36H25NO/c1-2-8-32(9-3-1)33-14-22-38(23-15-33)49(39-24-16-34(17-25-39)36-20-28-43-41-10-4-6-12-45(41)50-47(43)30-36)40-26-18-35(19-27-40)37-21-29-44-42-11-5-7-13-46(42)51-48(44)31-37;2*1-3-9-30(10-4-1)37(31-11-5-2-6-12-31)32-22-19-27(20-23-32)26-15-17-28(18-16-26)29-21-24-34-33-13-7-8-14-35(33)38-36(34)25-29/h1-31H;2*1-25H. The Morgan fingerprint density at radius 2 is 0.244 bits per heavy atom. The van der Waals surface area contributed by atoms with Crippen LogP contribution in [0, 0.1) is 0 Å². The first kappa shape index (κ1) is 76.2. The van der Waals surface area contributed by atoms with Gasteiger partial charge < -0.3 is 32.4 Å². The molecule has 20 aromatic carbocycles. The summed E-state index contributed by atoms with van der Waals surface area (Å²) in [7, 11) is 0. The Balaban J connectivity index is 0.000000114. The lowest BCUT2D eigenvalue weighted by Gasteiger charge is -2.26. The number of anilines is 9. The summed E-state index contributed by atoms with van der Waals surface area (Å²) in [6.45, 7) is 0. The SMILES string of the molecule is c1ccc(-c2ccc(N(c3ccc(-c4ccc5c(c4)oc4ccccc45)cc3)c3ccc(-c4ccc5c(c4)oc4ccccc45)cc3)cc2)cc1.c1ccc(N(c2ccccc2)c2ccc(-c3ccc(-c4ccc5c(c4)oc4ccccc45)cc3)cc2)cc1.c1ccc(N(c2ccccc2)c2ccc(-c3ccc(-c4ccc5c(c4)oc4ccccc45)cc3)cc2)cc1. The normalized spacial score (nSPS) is 11.3. The molecular formula is C120H81N3O4. The molecule has 0 fully saturated rings. The van der Waals surface area contributed by atoms with Crippen molar-refractivity contribution in [2.75, 3.05) is 14.7 Å². The van der Waals surface area contributed by atoms with E-state index in [2.05, 4.69) is 433 Å². The molecule has 0 aliphatic heterocycles. The molecule has 0 aliphatic carbocycles. The molecule has 7 nitrogen and oxygen atoms in total. The minimum absolute atomic E-state index is 0.900. The molecule has 0 unspecified atom stereocenters. The molecule has 0 saturated heterocycles. The highest BCUT2D eigenvalue weighted by Crippen LogP contribution is 2.44. The molecule has 600 valence electrons. The monoisotopic (exact) mass is 1630 g/mol. The fraction of sp³-hybridized carbons (Fsp3) is 0. The van der Waals surface area contributed by atoms with Crippen molar-refractivity contribution >= 4 is 139 Å². The zero-order valence-corrected chi connectivity index (χ0v) is 69.2. The number of hydrogen-bond donors (Lipinski definition) is 0. The maximum Gasteiger partial charge on any atom is 0.136 e. The predicted molar refractivity (Wildman–Crippen MR) is 531 cm³/mol. The van der Waals surface area contributed by atoms with Crippen LogP contribution in [0.4, 0.5) is 51.2 Å². The van der Waals surface area contributed by atoms with Crippen LogP contribution in [-0.4, -0.2) is 0 Å². The highest BCUT2D eigenvalue weighted by atomic mass is 16.3. The molecule has 0 bridgehead atoms. The van der Waals surface area contributed by atoms with Gasteiger partial charge in [0, 0.05) is 94.3 Å². The van der Waals surface area contributed by atoms with Crippen LogP contribution in [0.15, 0.2) is 509 Å². The van der Waals surface area contributed by atoms with Crippen LogP contribution < -0.4 is 14.7 Å². The van der Waals surface area contributed by atoms with Gasteiger partial charge in [0.1, 0.15) is 44.7 Å². The van der Waals surface area contributed by atoms with E-state index >= 15 is 0 Å². The van der Waals surface area contributed by atoms with Crippen molar-refractivity contribution in [1.29, 1.82) is 0 Å². The van der Waals surface area contributed by atoms with E-state index in [1.54, 1.807) is 0 Å². The highest BCUT2D eigenvalue weighted by Gasteiger charge is 2.20. The first-order valence-corrected chi connectivity index (χ1v) is 43.0. The Hall–Kier alpha value is -17.0. The van der Waals surface area contributed by atoms with Gasteiger partial charge in [0.25, 0.3) is 0 Å². The second-order valence-electron chi connectivity index (χ2n) is 31.8. The van der Waals surface area contributed by atoms with Crippen molar-refractivity contribution in [3.63, 3.8) is 0 Å². The van der Waals surface area contributed by atoms with E-state index in [1.165, 1.54) is 44.5 Å². The number of furan rings is 4. The number of rotatable bonds is 16. The Kier molecular flexibility index (Phi) is 20.3. The Labute approximate surface area is 735 Å². The van der Waals surface area contributed by atoms with E-state index in [0.717, 1.165) is 172 Å². The summed E-state index contributed by atoms with van der Waals surface area (Å²) in [6.07, 6.45) is 0. The topological polar surface area (TPSA) is 62.3 Å². The Morgan fingerprint density at radius 3 is 0.457 bits per heavy atom. The number of fused-ring (bicyclic) bond motifs is 12. The van der Waals surface area contributed by atoms with Crippen LogP contribution in [0.1, 0.15) is 0 Å². The molecule has 127 heavy (non-hydrogen) atoms. The third kappa shape index (κ3) is 15.4. The van der Waals surface area contributed by atoms with Crippen molar-refractivity contribution in [2.45, 2.75) is 0 Å². The van der Waals surface area contributed by atoms with E-state index in [4.69, 9.17) is 17.7 Å². The highest BCUT2D eigenvalue weighted by molar-refractivity contribution is 6.09. The van der Waals surface area contributed by atoms with Crippen LogP contribution in [0.5, 0.6) is 0 Å². The van der Waals surface area contributed by atoms with Gasteiger partial charge in [-0.2, -0.15) is 0 Å². The fourth-order valence-electron chi connectivity index (χ4n) is 17.6. The first-order valence-electron chi connectivity index (χ1n) is 43.0. The molecule has 0 aliphatic rings. The van der Waals surface area contributed by atoms with Gasteiger partial charge in [-0.1, -0.05) is 309 Å². The third-order valence-corrected chi connectivity index (χ3v) is 24.1. The maximum absolute atomic E-state index is 6.20. The van der Waals surface area contributed by atoms with E-state index in [0.29, 0.717) is 0 Å². The van der Waals surface area contributed by atoms with Crippen molar-refractivity contribution in [2.24, 2.45) is 0 Å². The number of benzene rings is 20. The van der Waals surface area contributed by atoms with Crippen molar-refractivity contribution < 1.29 is 17.7 Å². The van der Waals surface area contributed by atoms with Gasteiger partial charge in [-0.3, -0.25) is 0 Å². The Bertz CT molecular complexity index is 7480. The molecule has 7 heteroatoms. The summed E-state index contributed by atoms with van der Waals surface area (Å²) in [4.78, 5) is 6.87. The van der Waals surface area contributed by atoms with Crippen molar-refractivity contribution in [3.05, 3.63) is 491 Å². The second-order valence-corrected chi connectivity index (χ2v) is 31.8.